The van der Waals surface area contributed by atoms with Gasteiger partial charge in [0.05, 0.1) is 0 Å². The fourth-order valence-corrected chi connectivity index (χ4v) is 0.589. The van der Waals surface area contributed by atoms with Gasteiger partial charge in [0.25, 0.3) is 0 Å². The van der Waals surface area contributed by atoms with Crippen molar-refractivity contribution in [3.8, 4) is 0 Å². The average Bonchev–Trinajstić information content (AvgIpc) is 1.76. The van der Waals surface area contributed by atoms with Gasteiger partial charge in [-0.25, -0.2) is 12.1 Å². The molecule has 0 spiro atoms. The van der Waals surface area contributed by atoms with Gasteiger partial charge in [0, 0.05) is 0 Å². The van der Waals surface area contributed by atoms with Gasteiger partial charge in [-0.05, 0) is 0 Å². The molecule has 0 N–H and O–H groups in total. The predicted molar refractivity (Wildman–Crippen MR) is 23.2 cm³/mol. The summed E-state index contributed by atoms with van der Waals surface area (Å²) >= 11 is 1.66. The van der Waals surface area contributed by atoms with Crippen LogP contribution in [-0.4, -0.2) is 0 Å². The third-order valence-corrected chi connectivity index (χ3v) is 0.944. The standard InChI is InChI=1S/C4H3S.Rb/c1-2-4-5-3-1;/h1,3-4H;/q-1;+1. The molecule has 0 saturated heterocycles. The Bertz CT molecular complexity index is 64.0. The zero-order chi connectivity index (χ0) is 3.54. The van der Waals surface area contributed by atoms with Crippen LogP contribution in [0.5, 0.6) is 0 Å². The Hall–Kier alpha value is 1.51. The molecule has 0 amide bonds. The number of hydrogen-bond acceptors (Lipinski definition) is 1. The molecule has 2 heteroatoms. The minimum Gasteiger partial charge on any atom is -0.273 e. The second-order valence-corrected chi connectivity index (χ2v) is 1.50. The van der Waals surface area contributed by atoms with Crippen LogP contribution in [0.15, 0.2) is 16.8 Å². The van der Waals surface area contributed by atoms with Crippen molar-refractivity contribution in [3.05, 3.63) is 22.9 Å². The Morgan fingerprint density at radius 2 is 2.33 bits per heavy atom. The van der Waals surface area contributed by atoms with Crippen LogP contribution in [0.1, 0.15) is 0 Å². The fourth-order valence-electron chi connectivity index (χ4n) is 0.196. The molecule has 26 valence electrons. The van der Waals surface area contributed by atoms with Crippen LogP contribution in [0.4, 0.5) is 0 Å². The summed E-state index contributed by atoms with van der Waals surface area (Å²) in [7, 11) is 0. The van der Waals surface area contributed by atoms with Crippen LogP contribution in [-0.2, 0) is 0 Å². The molecule has 0 nitrogen and oxygen atoms in total. The van der Waals surface area contributed by atoms with E-state index in [1.807, 2.05) is 16.8 Å². The molecule has 0 aliphatic carbocycles. The summed E-state index contributed by atoms with van der Waals surface area (Å²) < 4.78 is 0. The van der Waals surface area contributed by atoms with Gasteiger partial charge in [-0.2, -0.15) is 5.38 Å². The Labute approximate surface area is 90.4 Å². The summed E-state index contributed by atoms with van der Waals surface area (Å²) in [6, 6.07) is 4.77. The molecule has 1 aromatic heterocycles. The van der Waals surface area contributed by atoms with Gasteiger partial charge >= 0.3 is 58.2 Å². The fraction of sp³-hybridized carbons (Fsp3) is 0. The van der Waals surface area contributed by atoms with Crippen molar-refractivity contribution in [1.82, 2.24) is 0 Å². The minimum atomic E-state index is 0. The smallest absolute Gasteiger partial charge is 0.273 e. The monoisotopic (exact) mass is 168 g/mol. The maximum Gasteiger partial charge on any atom is 1.00 e. The van der Waals surface area contributed by atoms with E-state index in [0.29, 0.717) is 0 Å². The van der Waals surface area contributed by atoms with Gasteiger partial charge in [0.1, 0.15) is 0 Å². The van der Waals surface area contributed by atoms with E-state index in [4.69, 9.17) is 0 Å². The molecule has 0 unspecified atom stereocenters. The van der Waals surface area contributed by atoms with E-state index in [2.05, 4.69) is 6.07 Å². The van der Waals surface area contributed by atoms with Crippen molar-refractivity contribution in [1.29, 1.82) is 0 Å². The van der Waals surface area contributed by atoms with Gasteiger partial charge in [0.15, 0.2) is 0 Å². The second kappa shape index (κ2) is 4.66. The summed E-state index contributed by atoms with van der Waals surface area (Å²) in [6.07, 6.45) is 0. The molecule has 0 saturated carbocycles. The summed E-state index contributed by atoms with van der Waals surface area (Å²) in [5.74, 6) is 0. The predicted octanol–water partition coefficient (Wildman–Crippen LogP) is -1.45. The first-order chi connectivity index (χ1) is 2.50. The topological polar surface area (TPSA) is 0 Å². The van der Waals surface area contributed by atoms with Crippen molar-refractivity contribution in [2.45, 2.75) is 0 Å². The summed E-state index contributed by atoms with van der Waals surface area (Å²) in [5.41, 5.74) is 0. The molecule has 0 aliphatic rings. The Morgan fingerprint density at radius 1 is 1.50 bits per heavy atom. The second-order valence-electron chi connectivity index (χ2n) is 0.723. The molecule has 0 radical (unpaired) electrons. The molecule has 1 rings (SSSR count). The SMILES string of the molecule is [Rb+].[c-]1ccsc1. The molecule has 1 aromatic rings. The zero-order valence-corrected chi connectivity index (χ0v) is 9.37. The van der Waals surface area contributed by atoms with Gasteiger partial charge in [-0.15, -0.1) is 5.38 Å². The average molecular weight is 169 g/mol. The van der Waals surface area contributed by atoms with Gasteiger partial charge < -0.3 is 0 Å². The first-order valence-corrected chi connectivity index (χ1v) is 2.32. The number of hydrogen-bond donors (Lipinski definition) is 0. The van der Waals surface area contributed by atoms with Crippen LogP contribution in [0.25, 0.3) is 0 Å². The Kier molecular flexibility index (Phi) is 5.83. The first-order valence-electron chi connectivity index (χ1n) is 1.38. The van der Waals surface area contributed by atoms with Crippen molar-refractivity contribution >= 4 is 11.3 Å². The Morgan fingerprint density at radius 3 is 2.50 bits per heavy atom. The van der Waals surface area contributed by atoms with Gasteiger partial charge in [-0.1, -0.05) is 0 Å². The van der Waals surface area contributed by atoms with Gasteiger partial charge in [0.2, 0.25) is 0 Å². The summed E-state index contributed by atoms with van der Waals surface area (Å²) in [6.45, 7) is 0. The van der Waals surface area contributed by atoms with E-state index >= 15 is 0 Å². The minimum absolute atomic E-state index is 0. The third kappa shape index (κ3) is 2.64. The van der Waals surface area contributed by atoms with Crippen LogP contribution >= 0.6 is 11.3 Å². The van der Waals surface area contributed by atoms with E-state index in [1.54, 1.807) is 11.3 Å². The molecule has 0 fully saturated rings. The van der Waals surface area contributed by atoms with E-state index in [0.717, 1.165) is 0 Å². The van der Waals surface area contributed by atoms with Crippen LogP contribution in [0.2, 0.25) is 0 Å². The molecule has 0 aliphatic heterocycles. The first kappa shape index (κ1) is 7.51. The normalized spacial score (nSPS) is 6.67. The molecule has 0 aromatic carbocycles. The maximum absolute atomic E-state index is 2.88. The van der Waals surface area contributed by atoms with Crippen LogP contribution in [0, 0.1) is 6.07 Å². The van der Waals surface area contributed by atoms with Crippen molar-refractivity contribution in [3.63, 3.8) is 0 Å². The molecule has 1 heterocycles. The van der Waals surface area contributed by atoms with Crippen LogP contribution in [0.3, 0.4) is 0 Å². The van der Waals surface area contributed by atoms with E-state index in [-0.39, 0.29) is 58.2 Å². The largest absolute Gasteiger partial charge is 1.00 e. The molecule has 0 bridgehead atoms. The van der Waals surface area contributed by atoms with Crippen molar-refractivity contribution in [2.75, 3.05) is 0 Å². The summed E-state index contributed by atoms with van der Waals surface area (Å²) in [4.78, 5) is 0. The van der Waals surface area contributed by atoms with Crippen molar-refractivity contribution in [2.24, 2.45) is 0 Å². The quantitative estimate of drug-likeness (QED) is 0.416. The zero-order valence-electron chi connectivity index (χ0n) is 3.64. The molecular formula is C4H3RbS. The van der Waals surface area contributed by atoms with E-state index in [1.165, 1.54) is 0 Å². The number of thiophene rings is 1. The third-order valence-electron chi connectivity index (χ3n) is 0.379. The van der Waals surface area contributed by atoms with E-state index in [9.17, 15) is 0 Å². The summed E-state index contributed by atoms with van der Waals surface area (Å²) in [5, 5.41) is 3.90. The Balaban J connectivity index is 0.000000250. The van der Waals surface area contributed by atoms with Crippen molar-refractivity contribution < 1.29 is 58.2 Å². The maximum atomic E-state index is 2.88. The molecule has 6 heavy (non-hydrogen) atoms. The number of rotatable bonds is 0. The van der Waals surface area contributed by atoms with E-state index < -0.39 is 0 Å². The molecular weight excluding hydrogens is 166 g/mol. The van der Waals surface area contributed by atoms with Crippen LogP contribution < -0.4 is 58.2 Å². The van der Waals surface area contributed by atoms with Gasteiger partial charge in [-0.3, -0.25) is 11.3 Å². The molecule has 0 atom stereocenters.